The van der Waals surface area contributed by atoms with Crippen LogP contribution in [0.25, 0.3) is 0 Å². The van der Waals surface area contributed by atoms with E-state index in [0.717, 1.165) is 36.1 Å². The Bertz CT molecular complexity index is 396. The molecule has 92 valence electrons. The van der Waals surface area contributed by atoms with Crippen molar-refractivity contribution in [2.24, 2.45) is 5.84 Å². The fourth-order valence-corrected chi connectivity index (χ4v) is 1.81. The summed E-state index contributed by atoms with van der Waals surface area (Å²) in [7, 11) is 1.68. The maximum absolute atomic E-state index is 5.57. The van der Waals surface area contributed by atoms with Crippen LogP contribution in [-0.2, 0) is 0 Å². The summed E-state index contributed by atoms with van der Waals surface area (Å²) in [4.78, 5) is 0. The normalized spacial score (nSPS) is 11.9. The minimum Gasteiger partial charge on any atom is -0.496 e. The first-order chi connectivity index (χ1) is 8.22. The summed E-state index contributed by atoms with van der Waals surface area (Å²) in [6.07, 6.45) is 7.90. The van der Waals surface area contributed by atoms with Gasteiger partial charge in [0.25, 0.3) is 0 Å². The molecular formula is C14H20N2O. The number of unbranched alkanes of at least 4 members (excludes halogenated alkanes) is 1. The van der Waals surface area contributed by atoms with Gasteiger partial charge in [-0.05, 0) is 37.0 Å². The maximum Gasteiger partial charge on any atom is 0.122 e. The SMILES string of the molecule is C#CCCCC(NN)c1ccc(C)c(OC)c1. The van der Waals surface area contributed by atoms with Gasteiger partial charge in [-0.3, -0.25) is 11.3 Å². The third-order valence-corrected chi connectivity index (χ3v) is 2.85. The van der Waals surface area contributed by atoms with Gasteiger partial charge in [-0.2, -0.15) is 0 Å². The standard InChI is InChI=1S/C14H20N2O/c1-4-5-6-7-13(16-15)12-9-8-11(2)14(10-12)17-3/h1,8-10,13,16H,5-7,15H2,2-3H3. The molecule has 1 aromatic carbocycles. The minimum atomic E-state index is 0.123. The second-order valence-electron chi connectivity index (χ2n) is 4.04. The van der Waals surface area contributed by atoms with Gasteiger partial charge in [-0.25, -0.2) is 0 Å². The molecule has 0 amide bonds. The van der Waals surface area contributed by atoms with E-state index < -0.39 is 0 Å². The summed E-state index contributed by atoms with van der Waals surface area (Å²) >= 11 is 0. The number of benzene rings is 1. The number of hydrazine groups is 1. The highest BCUT2D eigenvalue weighted by Gasteiger charge is 2.10. The summed E-state index contributed by atoms with van der Waals surface area (Å²) < 4.78 is 5.30. The second kappa shape index (κ2) is 6.95. The highest BCUT2D eigenvalue weighted by atomic mass is 16.5. The topological polar surface area (TPSA) is 47.3 Å². The van der Waals surface area contributed by atoms with Gasteiger partial charge in [-0.15, -0.1) is 12.3 Å². The van der Waals surface area contributed by atoms with Gasteiger partial charge in [0.2, 0.25) is 0 Å². The van der Waals surface area contributed by atoms with Crippen LogP contribution in [0.3, 0.4) is 0 Å². The quantitative estimate of drug-likeness (QED) is 0.342. The first kappa shape index (κ1) is 13.6. The molecule has 0 aliphatic heterocycles. The molecule has 0 saturated heterocycles. The summed E-state index contributed by atoms with van der Waals surface area (Å²) in [5.41, 5.74) is 5.08. The molecule has 1 aromatic rings. The van der Waals surface area contributed by atoms with Gasteiger partial charge < -0.3 is 4.74 Å². The van der Waals surface area contributed by atoms with E-state index >= 15 is 0 Å². The Balaban J connectivity index is 2.78. The lowest BCUT2D eigenvalue weighted by Crippen LogP contribution is -2.28. The lowest BCUT2D eigenvalue weighted by Gasteiger charge is -2.17. The van der Waals surface area contributed by atoms with Crippen LogP contribution < -0.4 is 16.0 Å². The van der Waals surface area contributed by atoms with E-state index in [9.17, 15) is 0 Å². The molecule has 0 fully saturated rings. The van der Waals surface area contributed by atoms with Crippen molar-refractivity contribution < 1.29 is 4.74 Å². The molecule has 0 aliphatic carbocycles. The van der Waals surface area contributed by atoms with Crippen LogP contribution in [0.4, 0.5) is 0 Å². The summed E-state index contributed by atoms with van der Waals surface area (Å²) in [6, 6.07) is 6.26. The van der Waals surface area contributed by atoms with Crippen molar-refractivity contribution in [1.82, 2.24) is 5.43 Å². The Kier molecular flexibility index (Phi) is 5.55. The van der Waals surface area contributed by atoms with Crippen LogP contribution in [0.2, 0.25) is 0 Å². The average molecular weight is 232 g/mol. The molecule has 0 spiro atoms. The number of nitrogens with two attached hydrogens (primary N) is 1. The van der Waals surface area contributed by atoms with Crippen LogP contribution in [0.15, 0.2) is 18.2 Å². The van der Waals surface area contributed by atoms with Gasteiger partial charge in [0.05, 0.1) is 7.11 Å². The van der Waals surface area contributed by atoms with Crippen LogP contribution in [-0.4, -0.2) is 7.11 Å². The third-order valence-electron chi connectivity index (χ3n) is 2.85. The van der Waals surface area contributed by atoms with Crippen molar-refractivity contribution >= 4 is 0 Å². The van der Waals surface area contributed by atoms with E-state index in [-0.39, 0.29) is 6.04 Å². The van der Waals surface area contributed by atoms with Crippen molar-refractivity contribution in [3.05, 3.63) is 29.3 Å². The fraction of sp³-hybridized carbons (Fsp3) is 0.429. The lowest BCUT2D eigenvalue weighted by molar-refractivity contribution is 0.409. The zero-order valence-corrected chi connectivity index (χ0v) is 10.5. The van der Waals surface area contributed by atoms with Gasteiger partial charge >= 0.3 is 0 Å². The second-order valence-corrected chi connectivity index (χ2v) is 4.04. The Morgan fingerprint density at radius 1 is 1.53 bits per heavy atom. The van der Waals surface area contributed by atoms with Crippen molar-refractivity contribution in [2.45, 2.75) is 32.2 Å². The average Bonchev–Trinajstić information content (AvgIpc) is 2.36. The lowest BCUT2D eigenvalue weighted by atomic mass is 10.00. The summed E-state index contributed by atoms with van der Waals surface area (Å²) in [5, 5.41) is 0. The molecule has 3 nitrogen and oxygen atoms in total. The number of nitrogens with one attached hydrogen (secondary N) is 1. The smallest absolute Gasteiger partial charge is 0.122 e. The van der Waals surface area contributed by atoms with Crippen LogP contribution in [0, 0.1) is 19.3 Å². The van der Waals surface area contributed by atoms with Crippen LogP contribution >= 0.6 is 0 Å². The molecule has 0 radical (unpaired) electrons. The van der Waals surface area contributed by atoms with Gasteiger partial charge in [-0.1, -0.05) is 12.1 Å². The Labute approximate surface area is 103 Å². The Morgan fingerprint density at radius 3 is 2.88 bits per heavy atom. The van der Waals surface area contributed by atoms with Gasteiger partial charge in [0.1, 0.15) is 5.75 Å². The molecule has 17 heavy (non-hydrogen) atoms. The molecule has 1 unspecified atom stereocenters. The van der Waals surface area contributed by atoms with E-state index in [1.54, 1.807) is 7.11 Å². The number of aryl methyl sites for hydroxylation is 1. The molecule has 3 N–H and O–H groups in total. The summed E-state index contributed by atoms with van der Waals surface area (Å²) in [6.45, 7) is 2.02. The van der Waals surface area contributed by atoms with Crippen molar-refractivity contribution in [1.29, 1.82) is 0 Å². The first-order valence-electron chi connectivity index (χ1n) is 5.77. The molecule has 0 aromatic heterocycles. The predicted octanol–water partition coefficient (Wildman–Crippen LogP) is 2.31. The minimum absolute atomic E-state index is 0.123. The molecule has 0 aliphatic rings. The summed E-state index contributed by atoms with van der Waals surface area (Å²) in [5.74, 6) is 9.10. The monoisotopic (exact) mass is 232 g/mol. The Morgan fingerprint density at radius 2 is 2.29 bits per heavy atom. The van der Waals surface area contributed by atoms with Crippen LogP contribution in [0.5, 0.6) is 5.75 Å². The molecule has 0 bridgehead atoms. The molecule has 1 rings (SSSR count). The van der Waals surface area contributed by atoms with Crippen molar-refractivity contribution in [3.63, 3.8) is 0 Å². The van der Waals surface area contributed by atoms with E-state index in [1.807, 2.05) is 19.1 Å². The number of rotatable bonds is 6. The predicted molar refractivity (Wildman–Crippen MR) is 70.5 cm³/mol. The molecular weight excluding hydrogens is 212 g/mol. The van der Waals surface area contributed by atoms with E-state index in [1.165, 1.54) is 0 Å². The van der Waals surface area contributed by atoms with Gasteiger partial charge in [0.15, 0.2) is 0 Å². The molecule has 0 heterocycles. The van der Waals surface area contributed by atoms with E-state index in [4.69, 9.17) is 17.0 Å². The Hall–Kier alpha value is -1.50. The van der Waals surface area contributed by atoms with Gasteiger partial charge in [0, 0.05) is 12.5 Å². The number of methoxy groups -OCH3 is 1. The first-order valence-corrected chi connectivity index (χ1v) is 5.77. The van der Waals surface area contributed by atoms with E-state index in [0.29, 0.717) is 0 Å². The van der Waals surface area contributed by atoms with E-state index in [2.05, 4.69) is 17.4 Å². The number of hydrogen-bond acceptors (Lipinski definition) is 3. The zero-order chi connectivity index (χ0) is 12.7. The maximum atomic E-state index is 5.57. The fourth-order valence-electron chi connectivity index (χ4n) is 1.81. The zero-order valence-electron chi connectivity index (χ0n) is 10.5. The number of hydrogen-bond donors (Lipinski definition) is 2. The largest absolute Gasteiger partial charge is 0.496 e. The molecule has 3 heteroatoms. The molecule has 1 atom stereocenters. The van der Waals surface area contributed by atoms with Crippen molar-refractivity contribution in [3.8, 4) is 18.1 Å². The number of terminal acetylenes is 1. The van der Waals surface area contributed by atoms with Crippen LogP contribution in [0.1, 0.15) is 36.4 Å². The highest BCUT2D eigenvalue weighted by molar-refractivity contribution is 5.37. The van der Waals surface area contributed by atoms with Crippen molar-refractivity contribution in [2.75, 3.05) is 7.11 Å². The molecule has 0 saturated carbocycles. The third kappa shape index (κ3) is 3.77. The number of ether oxygens (including phenoxy) is 1. The highest BCUT2D eigenvalue weighted by Crippen LogP contribution is 2.25.